The molecule has 6 nitrogen and oxygen atoms in total. The van der Waals surface area contributed by atoms with Gasteiger partial charge in [-0.3, -0.25) is 0 Å². The highest BCUT2D eigenvalue weighted by molar-refractivity contribution is 5.91. The van der Waals surface area contributed by atoms with Crippen molar-refractivity contribution in [2.45, 2.75) is 38.5 Å². The van der Waals surface area contributed by atoms with Crippen molar-refractivity contribution in [1.29, 1.82) is 0 Å². The van der Waals surface area contributed by atoms with Crippen LogP contribution in [0.15, 0.2) is 120 Å². The minimum absolute atomic E-state index is 0.0909. The van der Waals surface area contributed by atoms with Crippen LogP contribution in [0.3, 0.4) is 0 Å². The summed E-state index contributed by atoms with van der Waals surface area (Å²) in [6.45, 7) is 6.29. The zero-order chi connectivity index (χ0) is 28.5. The molecule has 0 amide bonds. The Labute approximate surface area is 232 Å². The highest BCUT2D eigenvalue weighted by atomic mass is 19.1. The summed E-state index contributed by atoms with van der Waals surface area (Å²) in [5, 5.41) is 0. The van der Waals surface area contributed by atoms with Gasteiger partial charge in [0.25, 0.3) is 0 Å². The Morgan fingerprint density at radius 2 is 1.38 bits per heavy atom. The molecule has 3 aliphatic carbocycles. The molecule has 0 unspecified atom stereocenters. The van der Waals surface area contributed by atoms with Crippen LogP contribution in [-0.2, 0) is 19.1 Å². The number of halogens is 1. The largest absolute Gasteiger partial charge is 0.432 e. The van der Waals surface area contributed by atoms with Gasteiger partial charge in [0.1, 0.15) is 11.5 Å². The SMILES string of the molecule is C=COC(=O)C1=CC=C(C2=CC=C(C#CC3=CC=C(OC(=O)c4ccc(OC(=O)C(=C)F)cc4)CC3)CC2)CC1. The summed E-state index contributed by atoms with van der Waals surface area (Å²) < 4.78 is 27.8. The van der Waals surface area contributed by atoms with Gasteiger partial charge in [-0.05, 0) is 79.7 Å². The van der Waals surface area contributed by atoms with Crippen molar-refractivity contribution in [3.8, 4) is 17.6 Å². The van der Waals surface area contributed by atoms with Crippen molar-refractivity contribution in [1.82, 2.24) is 0 Å². The summed E-state index contributed by atoms with van der Waals surface area (Å²) in [4.78, 5) is 35.5. The topological polar surface area (TPSA) is 78.9 Å². The third-order valence-corrected chi connectivity index (χ3v) is 6.40. The Hall–Kier alpha value is -4.96. The Balaban J connectivity index is 1.31. The van der Waals surface area contributed by atoms with Crippen molar-refractivity contribution < 1.29 is 33.0 Å². The van der Waals surface area contributed by atoms with Crippen LogP contribution in [0, 0.1) is 11.8 Å². The first-order chi connectivity index (χ1) is 19.3. The quantitative estimate of drug-likeness (QED) is 0.125. The number of carbonyl (C=O) groups excluding carboxylic acids is 3. The predicted octanol–water partition coefficient (Wildman–Crippen LogP) is 6.82. The minimum atomic E-state index is -1.21. The van der Waals surface area contributed by atoms with Gasteiger partial charge < -0.3 is 14.2 Å². The number of allylic oxidation sites excluding steroid dienone is 11. The summed E-state index contributed by atoms with van der Waals surface area (Å²) >= 11 is 0. The molecule has 0 radical (unpaired) electrons. The maximum absolute atomic E-state index is 12.8. The molecule has 3 aliphatic rings. The normalized spacial score (nSPS) is 16.2. The highest BCUT2D eigenvalue weighted by Crippen LogP contribution is 2.31. The molecule has 0 bridgehead atoms. The molecule has 7 heteroatoms. The van der Waals surface area contributed by atoms with Gasteiger partial charge in [0.15, 0.2) is 0 Å². The van der Waals surface area contributed by atoms with Gasteiger partial charge in [0, 0.05) is 23.1 Å². The third kappa shape index (κ3) is 7.55. The van der Waals surface area contributed by atoms with Gasteiger partial charge in [-0.1, -0.05) is 49.3 Å². The average Bonchev–Trinajstić information content (AvgIpc) is 2.97. The van der Waals surface area contributed by atoms with Crippen LogP contribution < -0.4 is 4.74 Å². The van der Waals surface area contributed by atoms with Crippen molar-refractivity contribution >= 4 is 17.9 Å². The average molecular weight is 539 g/mol. The van der Waals surface area contributed by atoms with E-state index in [4.69, 9.17) is 14.2 Å². The van der Waals surface area contributed by atoms with Crippen molar-refractivity contribution in [3.05, 3.63) is 125 Å². The van der Waals surface area contributed by atoms with E-state index < -0.39 is 17.8 Å². The van der Waals surface area contributed by atoms with E-state index in [0.717, 1.165) is 36.7 Å². The molecule has 40 heavy (non-hydrogen) atoms. The fraction of sp³-hybridized carbons (Fsp3) is 0.182. The number of hydrogen-bond acceptors (Lipinski definition) is 6. The van der Waals surface area contributed by atoms with Crippen LogP contribution in [-0.4, -0.2) is 17.9 Å². The third-order valence-electron chi connectivity index (χ3n) is 6.40. The second kappa shape index (κ2) is 13.2. The van der Waals surface area contributed by atoms with Crippen LogP contribution in [0.25, 0.3) is 0 Å². The smallest absolute Gasteiger partial charge is 0.371 e. The van der Waals surface area contributed by atoms with Gasteiger partial charge in [0.2, 0.25) is 5.83 Å². The summed E-state index contributed by atoms with van der Waals surface area (Å²) in [5.41, 5.74) is 5.40. The number of esters is 3. The second-order valence-electron chi connectivity index (χ2n) is 9.12. The summed E-state index contributed by atoms with van der Waals surface area (Å²) in [6, 6.07) is 5.61. The van der Waals surface area contributed by atoms with Crippen LogP contribution in [0.2, 0.25) is 0 Å². The summed E-state index contributed by atoms with van der Waals surface area (Å²) in [6.07, 6.45) is 17.1. The van der Waals surface area contributed by atoms with Gasteiger partial charge in [0.05, 0.1) is 11.8 Å². The molecular formula is C33H27FO6. The van der Waals surface area contributed by atoms with Gasteiger partial charge in [-0.2, -0.15) is 4.39 Å². The van der Waals surface area contributed by atoms with Crippen molar-refractivity contribution in [2.75, 3.05) is 0 Å². The first kappa shape index (κ1) is 28.1. The molecule has 0 aliphatic heterocycles. The highest BCUT2D eigenvalue weighted by Gasteiger charge is 2.18. The summed E-state index contributed by atoms with van der Waals surface area (Å²) in [5.74, 6) is 3.80. The lowest BCUT2D eigenvalue weighted by Gasteiger charge is -2.18. The summed E-state index contributed by atoms with van der Waals surface area (Å²) in [7, 11) is 0. The Morgan fingerprint density at radius 1 is 0.750 bits per heavy atom. The molecule has 1 aromatic rings. The van der Waals surface area contributed by atoms with Crippen LogP contribution in [0.4, 0.5) is 4.39 Å². The molecule has 0 saturated heterocycles. The number of ether oxygens (including phenoxy) is 3. The first-order valence-corrected chi connectivity index (χ1v) is 12.7. The Morgan fingerprint density at radius 3 is 1.90 bits per heavy atom. The van der Waals surface area contributed by atoms with Crippen LogP contribution in [0.1, 0.15) is 48.9 Å². The van der Waals surface area contributed by atoms with E-state index >= 15 is 0 Å². The standard InChI is InChI=1S/C33H27FO6/c1-3-38-32(36)27-14-12-26(13-15-27)25-10-6-23(7-11-25)4-5-24-8-18-29(19-9-24)40-33(37)28-16-20-30(21-17-28)39-31(35)22(2)34/h3,6,8,10,12,14,16-18,20-21H,1-2,7,9,11,13,15,19H2. The van der Waals surface area contributed by atoms with Gasteiger partial charge in [-0.15, -0.1) is 0 Å². The fourth-order valence-corrected chi connectivity index (χ4v) is 4.20. The van der Waals surface area contributed by atoms with Crippen molar-refractivity contribution in [2.24, 2.45) is 0 Å². The molecule has 1 aromatic carbocycles. The molecule has 0 atom stereocenters. The lowest BCUT2D eigenvalue weighted by molar-refractivity contribution is -0.134. The van der Waals surface area contributed by atoms with E-state index in [0.29, 0.717) is 30.6 Å². The molecular weight excluding hydrogens is 511 g/mol. The van der Waals surface area contributed by atoms with E-state index in [9.17, 15) is 18.8 Å². The predicted molar refractivity (Wildman–Crippen MR) is 148 cm³/mol. The zero-order valence-corrected chi connectivity index (χ0v) is 21.8. The van der Waals surface area contributed by atoms with E-state index in [1.165, 1.54) is 35.4 Å². The van der Waals surface area contributed by atoms with Crippen LogP contribution in [0.5, 0.6) is 5.75 Å². The molecule has 0 aromatic heterocycles. The number of benzene rings is 1. The maximum atomic E-state index is 12.8. The second-order valence-corrected chi connectivity index (χ2v) is 9.12. The molecule has 0 saturated carbocycles. The van der Waals surface area contributed by atoms with E-state index in [-0.39, 0.29) is 17.3 Å². The van der Waals surface area contributed by atoms with Crippen LogP contribution >= 0.6 is 0 Å². The molecule has 0 fully saturated rings. The number of rotatable bonds is 7. The molecule has 4 rings (SSSR count). The lowest BCUT2D eigenvalue weighted by atomic mass is 9.87. The molecule has 0 heterocycles. The maximum Gasteiger partial charge on any atom is 0.371 e. The van der Waals surface area contributed by atoms with Gasteiger partial charge in [-0.25, -0.2) is 14.4 Å². The van der Waals surface area contributed by atoms with E-state index in [1.54, 1.807) is 6.08 Å². The van der Waals surface area contributed by atoms with E-state index in [2.05, 4.69) is 31.1 Å². The fourth-order valence-electron chi connectivity index (χ4n) is 4.20. The monoisotopic (exact) mass is 538 g/mol. The molecule has 0 N–H and O–H groups in total. The minimum Gasteiger partial charge on any atom is -0.432 e. The Kier molecular flexibility index (Phi) is 9.27. The number of carbonyl (C=O) groups is 3. The van der Waals surface area contributed by atoms with Gasteiger partial charge >= 0.3 is 17.9 Å². The zero-order valence-electron chi connectivity index (χ0n) is 21.8. The van der Waals surface area contributed by atoms with E-state index in [1.807, 2.05) is 24.3 Å². The molecule has 202 valence electrons. The first-order valence-electron chi connectivity index (χ1n) is 12.7. The Bertz CT molecular complexity index is 1500. The lowest BCUT2D eigenvalue weighted by Crippen LogP contribution is -2.09. The number of hydrogen-bond donors (Lipinski definition) is 0. The molecule has 0 spiro atoms. The van der Waals surface area contributed by atoms with Crippen molar-refractivity contribution in [3.63, 3.8) is 0 Å².